The van der Waals surface area contributed by atoms with Crippen molar-refractivity contribution in [1.82, 2.24) is 10.2 Å². The van der Waals surface area contributed by atoms with E-state index in [1.807, 2.05) is 69.2 Å². The molecule has 4 rings (SSSR count). The Balaban J connectivity index is 0. The van der Waals surface area contributed by atoms with Gasteiger partial charge in [-0.05, 0) is 30.9 Å². The summed E-state index contributed by atoms with van der Waals surface area (Å²) in [6.07, 6.45) is 2.92. The van der Waals surface area contributed by atoms with Crippen molar-refractivity contribution >= 4 is 5.69 Å². The number of hydrogen-bond acceptors (Lipinski definition) is 3. The third-order valence-corrected chi connectivity index (χ3v) is 5.34. The monoisotopic (exact) mass is 421 g/mol. The molecular formula is C27H55N3. The zero-order chi connectivity index (χ0) is 23.4. The number of anilines is 1. The number of rotatable bonds is 3. The van der Waals surface area contributed by atoms with Gasteiger partial charge in [-0.2, -0.15) is 0 Å². The molecule has 0 atom stereocenters. The maximum atomic E-state index is 3.44. The zero-order valence-corrected chi connectivity index (χ0v) is 22.2. The van der Waals surface area contributed by atoms with E-state index in [4.69, 9.17) is 0 Å². The average molecular weight is 422 g/mol. The lowest BCUT2D eigenvalue weighted by Gasteiger charge is -2.60. The molecule has 2 heterocycles. The molecule has 0 unspecified atom stereocenters. The molecule has 1 spiro atoms. The van der Waals surface area contributed by atoms with Crippen LogP contribution in [0, 0.1) is 11.3 Å². The van der Waals surface area contributed by atoms with Gasteiger partial charge in [0.25, 0.3) is 0 Å². The van der Waals surface area contributed by atoms with Gasteiger partial charge in [-0.15, -0.1) is 0 Å². The van der Waals surface area contributed by atoms with Crippen LogP contribution >= 0.6 is 0 Å². The first-order valence-corrected chi connectivity index (χ1v) is 13.1. The van der Waals surface area contributed by atoms with Gasteiger partial charge in [-0.25, -0.2) is 0 Å². The summed E-state index contributed by atoms with van der Waals surface area (Å²) >= 11 is 0. The van der Waals surface area contributed by atoms with Crippen LogP contribution in [0.3, 0.4) is 0 Å². The molecule has 2 saturated heterocycles. The van der Waals surface area contributed by atoms with E-state index in [1.54, 1.807) is 0 Å². The van der Waals surface area contributed by atoms with E-state index in [0.717, 1.165) is 5.92 Å². The summed E-state index contributed by atoms with van der Waals surface area (Å²) in [7, 11) is 0. The van der Waals surface area contributed by atoms with Crippen LogP contribution in [0.15, 0.2) is 30.3 Å². The summed E-state index contributed by atoms with van der Waals surface area (Å²) in [5.41, 5.74) is 2.08. The molecule has 0 amide bonds. The van der Waals surface area contributed by atoms with Crippen LogP contribution in [0.25, 0.3) is 0 Å². The van der Waals surface area contributed by atoms with Crippen molar-refractivity contribution in [2.24, 2.45) is 11.3 Å². The number of hydrogen-bond donors (Lipinski definition) is 1. The highest BCUT2D eigenvalue weighted by molar-refractivity contribution is 5.50. The van der Waals surface area contributed by atoms with Gasteiger partial charge in [0.2, 0.25) is 0 Å². The van der Waals surface area contributed by atoms with Gasteiger partial charge in [0.1, 0.15) is 0 Å². The van der Waals surface area contributed by atoms with Crippen LogP contribution in [-0.4, -0.2) is 50.7 Å². The maximum Gasteiger partial charge on any atom is 0.0366 e. The van der Waals surface area contributed by atoms with Gasteiger partial charge >= 0.3 is 0 Å². The lowest BCUT2D eigenvalue weighted by Crippen LogP contribution is -2.63. The molecule has 3 aliphatic rings. The quantitative estimate of drug-likeness (QED) is 0.570. The molecule has 1 aromatic rings. The Kier molecular flexibility index (Phi) is 20.6. The third-order valence-electron chi connectivity index (χ3n) is 5.34. The number of nitrogens with one attached hydrogen (secondary N) is 1. The molecule has 1 aromatic carbocycles. The molecule has 3 fully saturated rings. The smallest absolute Gasteiger partial charge is 0.0366 e. The van der Waals surface area contributed by atoms with Gasteiger partial charge in [0, 0.05) is 56.9 Å². The van der Waals surface area contributed by atoms with E-state index in [1.165, 1.54) is 64.3 Å². The second-order valence-corrected chi connectivity index (χ2v) is 7.02. The van der Waals surface area contributed by atoms with E-state index in [-0.39, 0.29) is 0 Å². The molecule has 1 aliphatic carbocycles. The molecule has 1 saturated carbocycles. The average Bonchev–Trinajstić information content (AvgIpc) is 2.82. The second kappa shape index (κ2) is 19.9. The van der Waals surface area contributed by atoms with Crippen molar-refractivity contribution in [3.8, 4) is 0 Å². The number of para-hydroxylation sites is 1. The highest BCUT2D eigenvalue weighted by Crippen LogP contribution is 2.52. The predicted molar refractivity (Wildman–Crippen MR) is 140 cm³/mol. The Labute approximate surface area is 190 Å². The van der Waals surface area contributed by atoms with E-state index in [9.17, 15) is 0 Å². The first kappa shape index (κ1) is 31.1. The zero-order valence-electron chi connectivity index (χ0n) is 22.2. The minimum Gasteiger partial charge on any atom is -0.370 e. The molecule has 3 nitrogen and oxygen atoms in total. The van der Waals surface area contributed by atoms with E-state index >= 15 is 0 Å². The van der Waals surface area contributed by atoms with E-state index in [0.29, 0.717) is 5.41 Å². The predicted octanol–water partition coefficient (Wildman–Crippen LogP) is 6.94. The first-order chi connectivity index (χ1) is 14.8. The maximum absolute atomic E-state index is 3.44. The van der Waals surface area contributed by atoms with Gasteiger partial charge in [0.05, 0.1) is 0 Å². The fourth-order valence-electron chi connectivity index (χ4n) is 4.40. The SMILES string of the molecule is CC.CC.CC.CC.CC.c1ccc(N2CC3(CC(CN4CCNCC4)C3)C2)cc1. The topological polar surface area (TPSA) is 18.5 Å². The Morgan fingerprint density at radius 2 is 1.23 bits per heavy atom. The molecule has 0 radical (unpaired) electrons. The number of piperazine rings is 1. The van der Waals surface area contributed by atoms with Gasteiger partial charge in [0.15, 0.2) is 0 Å². The van der Waals surface area contributed by atoms with E-state index in [2.05, 4.69) is 45.4 Å². The van der Waals surface area contributed by atoms with Crippen LogP contribution in [0.1, 0.15) is 82.1 Å². The van der Waals surface area contributed by atoms with Crippen LogP contribution < -0.4 is 10.2 Å². The Bertz CT molecular complexity index is 440. The molecule has 1 N–H and O–H groups in total. The van der Waals surface area contributed by atoms with Gasteiger partial charge in [-0.3, -0.25) is 0 Å². The summed E-state index contributed by atoms with van der Waals surface area (Å²) in [6, 6.07) is 10.9. The van der Waals surface area contributed by atoms with Crippen molar-refractivity contribution in [3.05, 3.63) is 30.3 Å². The molecule has 2 aliphatic heterocycles. The van der Waals surface area contributed by atoms with Crippen LogP contribution in [0.4, 0.5) is 5.69 Å². The molecule has 0 aromatic heterocycles. The van der Waals surface area contributed by atoms with E-state index < -0.39 is 0 Å². The minimum atomic E-state index is 0.675. The molecule has 3 heteroatoms. The Hall–Kier alpha value is -1.06. The fraction of sp³-hybridized carbons (Fsp3) is 0.778. The summed E-state index contributed by atoms with van der Waals surface area (Å²) in [4.78, 5) is 5.20. The number of nitrogens with zero attached hydrogens (tertiary/aromatic N) is 2. The Morgan fingerprint density at radius 3 is 1.70 bits per heavy atom. The largest absolute Gasteiger partial charge is 0.370 e. The van der Waals surface area contributed by atoms with Crippen molar-refractivity contribution in [2.75, 3.05) is 50.7 Å². The highest BCUT2D eigenvalue weighted by Gasteiger charge is 2.52. The normalized spacial score (nSPS) is 18.5. The summed E-state index contributed by atoms with van der Waals surface area (Å²) in [5.74, 6) is 0.964. The molecule has 30 heavy (non-hydrogen) atoms. The van der Waals surface area contributed by atoms with Crippen LogP contribution in [-0.2, 0) is 0 Å². The Morgan fingerprint density at radius 1 is 0.767 bits per heavy atom. The first-order valence-electron chi connectivity index (χ1n) is 13.1. The molecule has 178 valence electrons. The lowest BCUT2D eigenvalue weighted by molar-refractivity contribution is 0.00230. The van der Waals surface area contributed by atoms with Crippen molar-refractivity contribution < 1.29 is 0 Å². The minimum absolute atomic E-state index is 0.675. The summed E-state index contributed by atoms with van der Waals surface area (Å²) in [5, 5.41) is 3.44. The van der Waals surface area contributed by atoms with Gasteiger partial charge < -0.3 is 15.1 Å². The fourth-order valence-corrected chi connectivity index (χ4v) is 4.40. The summed E-state index contributed by atoms with van der Waals surface area (Å²) in [6.45, 7) is 28.8. The third kappa shape index (κ3) is 9.83. The summed E-state index contributed by atoms with van der Waals surface area (Å²) < 4.78 is 0. The number of benzene rings is 1. The van der Waals surface area contributed by atoms with Crippen LogP contribution in [0.2, 0.25) is 0 Å². The van der Waals surface area contributed by atoms with Crippen molar-refractivity contribution in [3.63, 3.8) is 0 Å². The molecular weight excluding hydrogens is 366 g/mol. The standard InChI is InChI=1S/C17H25N3.5C2H6/c1-2-4-16(5-3-1)20-13-17(14-20)10-15(11-17)12-19-8-6-18-7-9-19;5*1-2/h1-5,15,18H,6-14H2;5*1-2H3. The van der Waals surface area contributed by atoms with Crippen molar-refractivity contribution in [1.29, 1.82) is 0 Å². The van der Waals surface area contributed by atoms with Crippen molar-refractivity contribution in [2.45, 2.75) is 82.1 Å². The second-order valence-electron chi connectivity index (χ2n) is 7.02. The molecule has 0 bridgehead atoms. The van der Waals surface area contributed by atoms with Gasteiger partial charge in [-0.1, -0.05) is 87.4 Å². The lowest BCUT2D eigenvalue weighted by atomic mass is 9.57. The highest BCUT2D eigenvalue weighted by atomic mass is 15.2. The van der Waals surface area contributed by atoms with Crippen LogP contribution in [0.5, 0.6) is 0 Å².